The molecule has 0 N–H and O–H groups in total. The SMILES string of the molecule is CCC(=O)c1ccc2c(c1)CCCN2C. The van der Waals surface area contributed by atoms with Crippen molar-refractivity contribution in [2.75, 3.05) is 18.5 Å². The fourth-order valence-electron chi connectivity index (χ4n) is 2.16. The second-order valence-electron chi connectivity index (χ2n) is 4.15. The van der Waals surface area contributed by atoms with Gasteiger partial charge in [-0.1, -0.05) is 6.92 Å². The first-order chi connectivity index (χ1) is 7.22. The normalized spacial score (nSPS) is 14.9. The molecule has 1 aromatic carbocycles. The van der Waals surface area contributed by atoms with Crippen LogP contribution in [0.5, 0.6) is 0 Å². The maximum Gasteiger partial charge on any atom is 0.162 e. The number of anilines is 1. The summed E-state index contributed by atoms with van der Waals surface area (Å²) in [7, 11) is 2.11. The van der Waals surface area contributed by atoms with Crippen LogP contribution >= 0.6 is 0 Å². The van der Waals surface area contributed by atoms with Crippen molar-refractivity contribution in [3.05, 3.63) is 29.3 Å². The molecule has 80 valence electrons. The monoisotopic (exact) mass is 203 g/mol. The van der Waals surface area contributed by atoms with Crippen LogP contribution in [-0.2, 0) is 6.42 Å². The number of nitrogens with zero attached hydrogens (tertiary/aromatic N) is 1. The molecule has 0 spiro atoms. The summed E-state index contributed by atoms with van der Waals surface area (Å²) in [6.07, 6.45) is 2.88. The van der Waals surface area contributed by atoms with Crippen molar-refractivity contribution in [3.8, 4) is 0 Å². The Morgan fingerprint density at radius 3 is 3.00 bits per heavy atom. The van der Waals surface area contributed by atoms with Gasteiger partial charge < -0.3 is 4.90 Å². The minimum atomic E-state index is 0.242. The smallest absolute Gasteiger partial charge is 0.162 e. The van der Waals surface area contributed by atoms with Gasteiger partial charge in [-0.3, -0.25) is 4.79 Å². The zero-order valence-corrected chi connectivity index (χ0v) is 9.42. The van der Waals surface area contributed by atoms with E-state index in [0.29, 0.717) is 6.42 Å². The highest BCUT2D eigenvalue weighted by Crippen LogP contribution is 2.27. The first-order valence-corrected chi connectivity index (χ1v) is 5.59. The highest BCUT2D eigenvalue weighted by Gasteiger charge is 2.14. The molecule has 0 aromatic heterocycles. The van der Waals surface area contributed by atoms with E-state index in [0.717, 1.165) is 18.5 Å². The van der Waals surface area contributed by atoms with E-state index in [1.807, 2.05) is 13.0 Å². The average Bonchev–Trinajstić information content (AvgIpc) is 2.28. The van der Waals surface area contributed by atoms with Crippen molar-refractivity contribution in [1.82, 2.24) is 0 Å². The molecule has 0 fully saturated rings. The molecule has 0 atom stereocenters. The van der Waals surface area contributed by atoms with E-state index in [4.69, 9.17) is 0 Å². The Kier molecular flexibility index (Phi) is 2.76. The maximum absolute atomic E-state index is 11.6. The van der Waals surface area contributed by atoms with Crippen LogP contribution in [0.15, 0.2) is 18.2 Å². The molecule has 2 rings (SSSR count). The zero-order valence-electron chi connectivity index (χ0n) is 9.42. The molecule has 0 saturated carbocycles. The molecule has 2 heteroatoms. The molecule has 0 radical (unpaired) electrons. The quantitative estimate of drug-likeness (QED) is 0.689. The predicted molar refractivity (Wildman–Crippen MR) is 62.7 cm³/mol. The summed E-state index contributed by atoms with van der Waals surface area (Å²) >= 11 is 0. The van der Waals surface area contributed by atoms with Crippen LogP contribution in [0, 0.1) is 0 Å². The van der Waals surface area contributed by atoms with E-state index in [9.17, 15) is 4.79 Å². The Morgan fingerprint density at radius 2 is 2.27 bits per heavy atom. The number of carbonyl (C=O) groups excluding carboxylic acids is 1. The van der Waals surface area contributed by atoms with Gasteiger partial charge in [-0.05, 0) is 36.6 Å². The molecular formula is C13H17NO. The molecule has 0 saturated heterocycles. The Balaban J connectivity index is 2.37. The number of hydrogen-bond acceptors (Lipinski definition) is 2. The summed E-state index contributed by atoms with van der Waals surface area (Å²) in [4.78, 5) is 13.8. The average molecular weight is 203 g/mol. The zero-order chi connectivity index (χ0) is 10.8. The maximum atomic E-state index is 11.6. The molecule has 0 aliphatic carbocycles. The van der Waals surface area contributed by atoms with E-state index >= 15 is 0 Å². The summed E-state index contributed by atoms with van der Waals surface area (Å²) in [5.41, 5.74) is 3.48. The minimum Gasteiger partial charge on any atom is -0.374 e. The lowest BCUT2D eigenvalue weighted by Crippen LogP contribution is -2.24. The number of hydrogen-bond donors (Lipinski definition) is 0. The second-order valence-corrected chi connectivity index (χ2v) is 4.15. The van der Waals surface area contributed by atoms with Gasteiger partial charge in [0.05, 0.1) is 0 Å². The molecule has 1 aromatic rings. The van der Waals surface area contributed by atoms with E-state index in [2.05, 4.69) is 24.1 Å². The van der Waals surface area contributed by atoms with Gasteiger partial charge in [0.2, 0.25) is 0 Å². The Morgan fingerprint density at radius 1 is 1.47 bits per heavy atom. The topological polar surface area (TPSA) is 20.3 Å². The van der Waals surface area contributed by atoms with Crippen LogP contribution in [0.2, 0.25) is 0 Å². The van der Waals surface area contributed by atoms with Crippen LogP contribution in [-0.4, -0.2) is 19.4 Å². The number of benzene rings is 1. The van der Waals surface area contributed by atoms with E-state index < -0.39 is 0 Å². The third-order valence-corrected chi connectivity index (χ3v) is 3.07. The lowest BCUT2D eigenvalue weighted by molar-refractivity contribution is 0.0988. The molecule has 0 bridgehead atoms. The first kappa shape index (κ1) is 10.2. The van der Waals surface area contributed by atoms with Gasteiger partial charge in [-0.2, -0.15) is 0 Å². The number of rotatable bonds is 2. The Bertz CT molecular complexity index is 384. The van der Waals surface area contributed by atoms with Crippen molar-refractivity contribution in [2.24, 2.45) is 0 Å². The fraction of sp³-hybridized carbons (Fsp3) is 0.462. The molecule has 1 heterocycles. The van der Waals surface area contributed by atoms with Gasteiger partial charge in [0, 0.05) is 31.3 Å². The van der Waals surface area contributed by atoms with Crippen LogP contribution in [0.3, 0.4) is 0 Å². The van der Waals surface area contributed by atoms with Crippen molar-refractivity contribution < 1.29 is 4.79 Å². The van der Waals surface area contributed by atoms with Crippen LogP contribution < -0.4 is 4.90 Å². The van der Waals surface area contributed by atoms with Gasteiger partial charge >= 0.3 is 0 Å². The van der Waals surface area contributed by atoms with Gasteiger partial charge in [0.25, 0.3) is 0 Å². The van der Waals surface area contributed by atoms with Crippen molar-refractivity contribution in [3.63, 3.8) is 0 Å². The van der Waals surface area contributed by atoms with Crippen molar-refractivity contribution in [1.29, 1.82) is 0 Å². The number of aryl methyl sites for hydroxylation is 1. The second kappa shape index (κ2) is 4.05. The van der Waals surface area contributed by atoms with Gasteiger partial charge in [-0.15, -0.1) is 0 Å². The summed E-state index contributed by atoms with van der Waals surface area (Å²) in [6, 6.07) is 6.10. The Hall–Kier alpha value is -1.31. The Labute approximate surface area is 90.9 Å². The summed E-state index contributed by atoms with van der Waals surface area (Å²) in [5.74, 6) is 0.242. The lowest BCUT2D eigenvalue weighted by atomic mass is 9.97. The van der Waals surface area contributed by atoms with Crippen LogP contribution in [0.4, 0.5) is 5.69 Å². The molecule has 1 aliphatic heterocycles. The van der Waals surface area contributed by atoms with Gasteiger partial charge in [-0.25, -0.2) is 0 Å². The highest BCUT2D eigenvalue weighted by atomic mass is 16.1. The van der Waals surface area contributed by atoms with E-state index in [1.54, 1.807) is 0 Å². The third kappa shape index (κ3) is 1.89. The standard InChI is InChI=1S/C13H17NO/c1-3-13(15)11-6-7-12-10(9-11)5-4-8-14(12)2/h6-7,9H,3-5,8H2,1-2H3. The minimum absolute atomic E-state index is 0.242. The fourth-order valence-corrected chi connectivity index (χ4v) is 2.16. The molecular weight excluding hydrogens is 186 g/mol. The first-order valence-electron chi connectivity index (χ1n) is 5.59. The van der Waals surface area contributed by atoms with Gasteiger partial charge in [0.1, 0.15) is 0 Å². The molecule has 2 nitrogen and oxygen atoms in total. The van der Waals surface area contributed by atoms with Crippen LogP contribution in [0.1, 0.15) is 35.7 Å². The molecule has 0 unspecified atom stereocenters. The summed E-state index contributed by atoms with van der Waals surface area (Å²) < 4.78 is 0. The predicted octanol–water partition coefficient (Wildman–Crippen LogP) is 2.66. The number of fused-ring (bicyclic) bond motifs is 1. The lowest BCUT2D eigenvalue weighted by Gasteiger charge is -2.27. The van der Waals surface area contributed by atoms with Crippen molar-refractivity contribution >= 4 is 11.5 Å². The number of ketones is 1. The largest absolute Gasteiger partial charge is 0.374 e. The molecule has 0 amide bonds. The summed E-state index contributed by atoms with van der Waals surface area (Å²) in [5, 5.41) is 0. The summed E-state index contributed by atoms with van der Waals surface area (Å²) in [6.45, 7) is 3.03. The van der Waals surface area contributed by atoms with Crippen LogP contribution in [0.25, 0.3) is 0 Å². The van der Waals surface area contributed by atoms with E-state index in [1.165, 1.54) is 17.7 Å². The number of Topliss-reactive ketones (excluding diaryl/α,β-unsaturated/α-hetero) is 1. The highest BCUT2D eigenvalue weighted by molar-refractivity contribution is 5.96. The molecule has 1 aliphatic rings. The third-order valence-electron chi connectivity index (χ3n) is 3.07. The van der Waals surface area contributed by atoms with E-state index in [-0.39, 0.29) is 5.78 Å². The molecule has 15 heavy (non-hydrogen) atoms. The van der Waals surface area contributed by atoms with Crippen molar-refractivity contribution in [2.45, 2.75) is 26.2 Å². The number of carbonyl (C=O) groups is 1. The van der Waals surface area contributed by atoms with Gasteiger partial charge in [0.15, 0.2) is 5.78 Å².